The third kappa shape index (κ3) is 3.84. The predicted molar refractivity (Wildman–Crippen MR) is 105 cm³/mol. The van der Waals surface area contributed by atoms with Crippen LogP contribution in [0.4, 0.5) is 0 Å². The van der Waals surface area contributed by atoms with Gasteiger partial charge in [0.15, 0.2) is 0 Å². The van der Waals surface area contributed by atoms with E-state index < -0.39 is 10.0 Å². The van der Waals surface area contributed by atoms with E-state index in [1.807, 2.05) is 43.1 Å². The Morgan fingerprint density at radius 2 is 1.82 bits per heavy atom. The number of benzene rings is 2. The number of hydrogen-bond donors (Lipinski definition) is 1. The second-order valence-electron chi connectivity index (χ2n) is 7.14. The molecular formula is C20H22N4O3S. The average molecular weight is 398 g/mol. The molecular weight excluding hydrogens is 376 g/mol. The topological polar surface area (TPSA) is 88.3 Å². The molecule has 1 aromatic heterocycles. The van der Waals surface area contributed by atoms with E-state index in [2.05, 4.69) is 14.9 Å². The van der Waals surface area contributed by atoms with Crippen LogP contribution < -0.4 is 4.72 Å². The van der Waals surface area contributed by atoms with Gasteiger partial charge in [0.2, 0.25) is 21.7 Å². The summed E-state index contributed by atoms with van der Waals surface area (Å²) >= 11 is 0. The number of aromatic nitrogens is 2. The summed E-state index contributed by atoms with van der Waals surface area (Å²) in [4.78, 5) is 6.83. The Bertz CT molecular complexity index is 1050. The van der Waals surface area contributed by atoms with Crippen LogP contribution in [-0.4, -0.2) is 43.1 Å². The smallest absolute Gasteiger partial charge is 0.244 e. The molecule has 2 aromatic carbocycles. The minimum Gasteiger partial charge on any atom is -0.337 e. The van der Waals surface area contributed by atoms with E-state index >= 15 is 0 Å². The van der Waals surface area contributed by atoms with Gasteiger partial charge in [-0.1, -0.05) is 53.2 Å². The van der Waals surface area contributed by atoms with Crippen molar-refractivity contribution in [2.24, 2.45) is 0 Å². The Morgan fingerprint density at radius 3 is 2.54 bits per heavy atom. The molecule has 3 aromatic rings. The maximum atomic E-state index is 12.6. The number of likely N-dealkylation sites (N-methyl/N-ethyl adjacent to an activating group) is 1. The first-order chi connectivity index (χ1) is 13.4. The maximum absolute atomic E-state index is 12.6. The van der Waals surface area contributed by atoms with E-state index in [1.54, 1.807) is 30.3 Å². The van der Waals surface area contributed by atoms with Crippen LogP contribution in [0.5, 0.6) is 0 Å². The van der Waals surface area contributed by atoms with Crippen molar-refractivity contribution in [3.05, 3.63) is 66.1 Å². The zero-order chi connectivity index (χ0) is 19.7. The molecule has 146 valence electrons. The van der Waals surface area contributed by atoms with Gasteiger partial charge in [0.25, 0.3) is 0 Å². The third-order valence-electron chi connectivity index (χ3n) is 4.96. The lowest BCUT2D eigenvalue weighted by Crippen LogP contribution is -2.36. The summed E-state index contributed by atoms with van der Waals surface area (Å²) < 4.78 is 33.4. The molecule has 0 aliphatic carbocycles. The highest BCUT2D eigenvalue weighted by Crippen LogP contribution is 2.31. The third-order valence-corrected chi connectivity index (χ3v) is 6.50. The van der Waals surface area contributed by atoms with Gasteiger partial charge in [-0.3, -0.25) is 4.90 Å². The van der Waals surface area contributed by atoms with Gasteiger partial charge < -0.3 is 4.52 Å². The van der Waals surface area contributed by atoms with Crippen molar-refractivity contribution in [2.45, 2.75) is 30.3 Å². The molecule has 0 unspecified atom stereocenters. The Labute approximate surface area is 164 Å². The summed E-state index contributed by atoms with van der Waals surface area (Å²) in [6.45, 7) is 2.59. The standard InChI is InChI=1S/C20H22N4O3S/c1-14-8-10-15(11-9-14)19-21-20(27-22-19)18-12-16(13-24(18)2)23-28(25,26)17-6-4-3-5-7-17/h3-11,16,18,23H,12-13H2,1-2H3/t16-,18-/m0/s1. The number of nitrogens with one attached hydrogen (secondary N) is 1. The molecule has 2 atom stereocenters. The Morgan fingerprint density at radius 1 is 1.11 bits per heavy atom. The molecule has 0 bridgehead atoms. The normalized spacial score (nSPS) is 20.5. The fraction of sp³-hybridized carbons (Fsp3) is 0.300. The lowest BCUT2D eigenvalue weighted by molar-refractivity contribution is 0.244. The fourth-order valence-corrected chi connectivity index (χ4v) is 4.71. The predicted octanol–water partition coefficient (Wildman–Crippen LogP) is 2.77. The van der Waals surface area contributed by atoms with Crippen LogP contribution in [0.2, 0.25) is 0 Å². The molecule has 0 amide bonds. The van der Waals surface area contributed by atoms with Crippen molar-refractivity contribution in [3.63, 3.8) is 0 Å². The molecule has 1 aliphatic rings. The molecule has 7 nitrogen and oxygen atoms in total. The van der Waals surface area contributed by atoms with Crippen molar-refractivity contribution >= 4 is 10.0 Å². The summed E-state index contributed by atoms with van der Waals surface area (Å²) in [5.74, 6) is 1.04. The van der Waals surface area contributed by atoms with E-state index in [9.17, 15) is 8.42 Å². The average Bonchev–Trinajstić information content (AvgIpc) is 3.29. The Kier molecular flexibility index (Phi) is 5.01. The Balaban J connectivity index is 1.48. The molecule has 1 aliphatic heterocycles. The van der Waals surface area contributed by atoms with Crippen molar-refractivity contribution in [3.8, 4) is 11.4 Å². The molecule has 1 fully saturated rings. The highest BCUT2D eigenvalue weighted by molar-refractivity contribution is 7.89. The zero-order valence-electron chi connectivity index (χ0n) is 15.7. The molecule has 0 radical (unpaired) electrons. The zero-order valence-corrected chi connectivity index (χ0v) is 16.6. The van der Waals surface area contributed by atoms with Gasteiger partial charge in [-0.2, -0.15) is 4.98 Å². The van der Waals surface area contributed by atoms with E-state index in [-0.39, 0.29) is 17.0 Å². The molecule has 0 saturated carbocycles. The number of hydrogen-bond acceptors (Lipinski definition) is 6. The second kappa shape index (κ2) is 7.46. The summed E-state index contributed by atoms with van der Waals surface area (Å²) in [7, 11) is -1.63. The van der Waals surface area contributed by atoms with Gasteiger partial charge in [0, 0.05) is 18.2 Å². The van der Waals surface area contributed by atoms with Gasteiger partial charge in [-0.05, 0) is 32.5 Å². The molecule has 2 heterocycles. The lowest BCUT2D eigenvalue weighted by atomic mass is 10.1. The van der Waals surface area contributed by atoms with Crippen molar-refractivity contribution in [1.29, 1.82) is 0 Å². The minimum atomic E-state index is -3.56. The number of sulfonamides is 1. The molecule has 4 rings (SSSR count). The van der Waals surface area contributed by atoms with Crippen molar-refractivity contribution in [1.82, 2.24) is 19.8 Å². The molecule has 0 spiro atoms. The maximum Gasteiger partial charge on any atom is 0.244 e. The largest absolute Gasteiger partial charge is 0.337 e. The Hall–Kier alpha value is -2.55. The number of likely N-dealkylation sites (tertiary alicyclic amines) is 1. The van der Waals surface area contributed by atoms with Gasteiger partial charge in [0.05, 0.1) is 10.9 Å². The van der Waals surface area contributed by atoms with Gasteiger partial charge >= 0.3 is 0 Å². The van der Waals surface area contributed by atoms with E-state index in [0.717, 1.165) is 11.1 Å². The van der Waals surface area contributed by atoms with Gasteiger partial charge in [-0.15, -0.1) is 0 Å². The number of rotatable bonds is 5. The number of nitrogens with zero attached hydrogens (tertiary/aromatic N) is 3. The quantitative estimate of drug-likeness (QED) is 0.711. The summed E-state index contributed by atoms with van der Waals surface area (Å²) in [6.07, 6.45) is 0.568. The number of aryl methyl sites for hydroxylation is 1. The van der Waals surface area contributed by atoms with Crippen LogP contribution in [0.15, 0.2) is 64.0 Å². The summed E-state index contributed by atoms with van der Waals surface area (Å²) in [6, 6.07) is 16.0. The van der Waals surface area contributed by atoms with E-state index in [1.165, 1.54) is 0 Å². The molecule has 1 saturated heterocycles. The van der Waals surface area contributed by atoms with Crippen LogP contribution in [0, 0.1) is 6.92 Å². The van der Waals surface area contributed by atoms with E-state index in [0.29, 0.717) is 24.7 Å². The fourth-order valence-electron chi connectivity index (χ4n) is 3.45. The first kappa shape index (κ1) is 18.8. The second-order valence-corrected chi connectivity index (χ2v) is 8.86. The van der Waals surface area contributed by atoms with Crippen LogP contribution in [0.25, 0.3) is 11.4 Å². The van der Waals surface area contributed by atoms with Gasteiger partial charge in [0.1, 0.15) is 0 Å². The van der Waals surface area contributed by atoms with Crippen LogP contribution in [0.3, 0.4) is 0 Å². The van der Waals surface area contributed by atoms with Crippen LogP contribution in [0.1, 0.15) is 23.9 Å². The first-order valence-corrected chi connectivity index (χ1v) is 10.6. The van der Waals surface area contributed by atoms with E-state index in [4.69, 9.17) is 4.52 Å². The lowest BCUT2D eigenvalue weighted by Gasteiger charge is -2.14. The minimum absolute atomic E-state index is 0.129. The summed E-state index contributed by atoms with van der Waals surface area (Å²) in [5, 5.41) is 4.09. The van der Waals surface area contributed by atoms with Crippen LogP contribution in [-0.2, 0) is 10.0 Å². The van der Waals surface area contributed by atoms with Crippen molar-refractivity contribution in [2.75, 3.05) is 13.6 Å². The highest BCUT2D eigenvalue weighted by atomic mass is 32.2. The molecule has 1 N–H and O–H groups in total. The van der Waals surface area contributed by atoms with Crippen LogP contribution >= 0.6 is 0 Å². The molecule has 28 heavy (non-hydrogen) atoms. The molecule has 8 heteroatoms. The monoisotopic (exact) mass is 398 g/mol. The highest BCUT2D eigenvalue weighted by Gasteiger charge is 2.36. The van der Waals surface area contributed by atoms with Gasteiger partial charge in [-0.25, -0.2) is 13.1 Å². The van der Waals surface area contributed by atoms with Crippen molar-refractivity contribution < 1.29 is 12.9 Å². The SMILES string of the molecule is Cc1ccc(-c2noc([C@@H]3C[C@H](NS(=O)(=O)c4ccccc4)CN3C)n2)cc1. The first-order valence-electron chi connectivity index (χ1n) is 9.10. The summed E-state index contributed by atoms with van der Waals surface area (Å²) in [5.41, 5.74) is 2.05.